The smallest absolute Gasteiger partial charge is 0.162 e. The maximum absolute atomic E-state index is 8.87. The van der Waals surface area contributed by atoms with Crippen molar-refractivity contribution in [2.75, 3.05) is 14.2 Å². The van der Waals surface area contributed by atoms with Gasteiger partial charge in [-0.05, 0) is 6.07 Å². The second kappa shape index (κ2) is 6.81. The van der Waals surface area contributed by atoms with Crippen LogP contribution in [-0.4, -0.2) is 19.2 Å². The van der Waals surface area contributed by atoms with Crippen molar-refractivity contribution in [2.45, 2.75) is 13.8 Å². The van der Waals surface area contributed by atoms with Gasteiger partial charge in [-0.1, -0.05) is 25.4 Å². The zero-order chi connectivity index (χ0) is 14.4. The molecule has 0 aliphatic carbocycles. The molecule has 4 nitrogen and oxygen atoms in total. The molecule has 0 fully saturated rings. The lowest BCUT2D eigenvalue weighted by atomic mass is 10.1. The molecule has 0 N–H and O–H groups in total. The lowest BCUT2D eigenvalue weighted by Crippen LogP contribution is -1.92. The van der Waals surface area contributed by atoms with Crippen molar-refractivity contribution in [1.82, 2.24) is 4.98 Å². The average molecular weight is 279 g/mol. The number of ether oxygens (including phenoxy) is 2. The molecular weight excluding hydrogens is 264 g/mol. The maximum Gasteiger partial charge on any atom is 0.162 e. The van der Waals surface area contributed by atoms with Crippen LogP contribution in [0.4, 0.5) is 0 Å². The number of halogens is 1. The molecule has 0 aliphatic heterocycles. The average Bonchev–Trinajstić information content (AvgIpc) is 2.48. The summed E-state index contributed by atoms with van der Waals surface area (Å²) in [6.07, 6.45) is 1.44. The predicted molar refractivity (Wildman–Crippen MR) is 75.9 cm³/mol. The van der Waals surface area contributed by atoms with E-state index in [1.165, 1.54) is 6.20 Å². The first kappa shape index (κ1) is 15.1. The number of fused-ring (bicyclic) bond motifs is 1. The first-order valence-corrected chi connectivity index (χ1v) is 6.19. The third kappa shape index (κ3) is 2.88. The topological polar surface area (TPSA) is 55.1 Å². The predicted octanol–water partition coefficient (Wildman–Crippen LogP) is 3.80. The molecule has 0 amide bonds. The van der Waals surface area contributed by atoms with Crippen molar-refractivity contribution in [3.05, 3.63) is 28.9 Å². The Morgan fingerprint density at radius 3 is 2.26 bits per heavy atom. The number of aromatic nitrogens is 1. The highest BCUT2D eigenvalue weighted by molar-refractivity contribution is 6.36. The number of methoxy groups -OCH3 is 2. The lowest BCUT2D eigenvalue weighted by Gasteiger charge is -2.09. The summed E-state index contributed by atoms with van der Waals surface area (Å²) in [5.41, 5.74) is 0.998. The number of nitriles is 1. The number of nitrogens with zero attached hydrogens (tertiary/aromatic N) is 2. The zero-order valence-corrected chi connectivity index (χ0v) is 12.1. The van der Waals surface area contributed by atoms with Crippen LogP contribution >= 0.6 is 11.6 Å². The number of pyridine rings is 1. The minimum atomic E-state index is 0.339. The van der Waals surface area contributed by atoms with E-state index in [-0.39, 0.29) is 0 Å². The molecule has 5 heteroatoms. The molecule has 2 aromatic rings. The van der Waals surface area contributed by atoms with Crippen LogP contribution < -0.4 is 9.47 Å². The van der Waals surface area contributed by atoms with Crippen LogP contribution in [0.5, 0.6) is 11.5 Å². The van der Waals surface area contributed by atoms with Gasteiger partial charge in [0.05, 0.1) is 30.3 Å². The van der Waals surface area contributed by atoms with Gasteiger partial charge < -0.3 is 9.47 Å². The highest BCUT2D eigenvalue weighted by Gasteiger charge is 2.11. The first-order valence-electron chi connectivity index (χ1n) is 5.81. The number of hydrogen-bond donors (Lipinski definition) is 0. The molecule has 0 bridgehead atoms. The molecule has 0 atom stereocenters. The molecule has 2 rings (SSSR count). The molecule has 19 heavy (non-hydrogen) atoms. The van der Waals surface area contributed by atoms with Crippen molar-refractivity contribution in [2.24, 2.45) is 0 Å². The fourth-order valence-corrected chi connectivity index (χ4v) is 1.81. The van der Waals surface area contributed by atoms with Gasteiger partial charge in [-0.25, -0.2) is 0 Å². The molecule has 0 aliphatic rings. The summed E-state index contributed by atoms with van der Waals surface area (Å²) >= 11 is 6.11. The molecule has 0 spiro atoms. The van der Waals surface area contributed by atoms with Gasteiger partial charge in [0.15, 0.2) is 11.5 Å². The summed E-state index contributed by atoms with van der Waals surface area (Å²) in [6, 6.07) is 5.42. The largest absolute Gasteiger partial charge is 0.493 e. The molecule has 1 aromatic carbocycles. The molecule has 1 aromatic heterocycles. The Bertz CT molecular complexity index is 621. The minimum absolute atomic E-state index is 0.339. The van der Waals surface area contributed by atoms with Crippen LogP contribution in [0.2, 0.25) is 5.02 Å². The van der Waals surface area contributed by atoms with E-state index in [2.05, 4.69) is 4.98 Å². The van der Waals surface area contributed by atoms with Gasteiger partial charge in [0.2, 0.25) is 0 Å². The Balaban J connectivity index is 0.000000861. The number of hydrogen-bond acceptors (Lipinski definition) is 4. The molecule has 0 saturated carbocycles. The Morgan fingerprint density at radius 1 is 1.16 bits per heavy atom. The Morgan fingerprint density at radius 2 is 1.74 bits per heavy atom. The fraction of sp³-hybridized carbons (Fsp3) is 0.286. The number of benzene rings is 1. The summed E-state index contributed by atoms with van der Waals surface area (Å²) in [7, 11) is 3.09. The van der Waals surface area contributed by atoms with Gasteiger partial charge in [-0.3, -0.25) is 4.98 Å². The van der Waals surface area contributed by atoms with E-state index in [0.717, 1.165) is 0 Å². The van der Waals surface area contributed by atoms with Crippen LogP contribution in [0.3, 0.4) is 0 Å². The van der Waals surface area contributed by atoms with E-state index in [0.29, 0.717) is 33.0 Å². The lowest BCUT2D eigenvalue weighted by molar-refractivity contribution is 0.356. The summed E-state index contributed by atoms with van der Waals surface area (Å²) < 4.78 is 10.3. The van der Waals surface area contributed by atoms with Crippen LogP contribution in [0.1, 0.15) is 19.4 Å². The zero-order valence-electron chi connectivity index (χ0n) is 11.3. The standard InChI is InChI=1S/C12H9ClN2O2.C2H6/c1-16-10-3-8-9(4-11(10)17-2)15-6-7(5-14)12(8)13;1-2/h3-4,6H,1-2H3;1-2H3. The fourth-order valence-electron chi connectivity index (χ4n) is 1.56. The van der Waals surface area contributed by atoms with Crippen LogP contribution in [0.15, 0.2) is 18.3 Å². The Kier molecular flexibility index (Phi) is 5.40. The van der Waals surface area contributed by atoms with Gasteiger partial charge in [-0.2, -0.15) is 5.26 Å². The van der Waals surface area contributed by atoms with Crippen LogP contribution in [0.25, 0.3) is 10.9 Å². The van der Waals surface area contributed by atoms with E-state index < -0.39 is 0 Å². The highest BCUT2D eigenvalue weighted by Crippen LogP contribution is 2.35. The molecule has 0 radical (unpaired) electrons. The van der Waals surface area contributed by atoms with Crippen molar-refractivity contribution in [3.8, 4) is 17.6 Å². The third-order valence-electron chi connectivity index (χ3n) is 2.43. The van der Waals surface area contributed by atoms with E-state index in [9.17, 15) is 0 Å². The summed E-state index contributed by atoms with van der Waals surface area (Å²) in [5, 5.41) is 9.92. The van der Waals surface area contributed by atoms with Gasteiger partial charge in [0.1, 0.15) is 6.07 Å². The highest BCUT2D eigenvalue weighted by atomic mass is 35.5. The van der Waals surface area contributed by atoms with Crippen molar-refractivity contribution in [3.63, 3.8) is 0 Å². The third-order valence-corrected chi connectivity index (χ3v) is 2.84. The Hall–Kier alpha value is -1.99. The van der Waals surface area contributed by atoms with Gasteiger partial charge >= 0.3 is 0 Å². The summed E-state index contributed by atoms with van der Waals surface area (Å²) in [6.45, 7) is 4.00. The van der Waals surface area contributed by atoms with Gasteiger partial charge in [0, 0.05) is 17.6 Å². The van der Waals surface area contributed by atoms with Crippen LogP contribution in [-0.2, 0) is 0 Å². The maximum atomic E-state index is 8.87. The SMILES string of the molecule is CC.COc1cc2ncc(C#N)c(Cl)c2cc1OC. The quantitative estimate of drug-likeness (QED) is 0.838. The molecule has 100 valence electrons. The number of rotatable bonds is 2. The van der Waals surface area contributed by atoms with Crippen LogP contribution in [0, 0.1) is 11.3 Å². The molecular formula is C14H15ClN2O2. The monoisotopic (exact) mass is 278 g/mol. The Labute approximate surface area is 117 Å². The second-order valence-electron chi connectivity index (χ2n) is 3.32. The van der Waals surface area contributed by atoms with E-state index in [1.54, 1.807) is 26.4 Å². The normalized spacial score (nSPS) is 9.26. The summed E-state index contributed by atoms with van der Waals surface area (Å²) in [4.78, 5) is 4.15. The van der Waals surface area contributed by atoms with E-state index in [1.807, 2.05) is 19.9 Å². The van der Waals surface area contributed by atoms with E-state index >= 15 is 0 Å². The van der Waals surface area contributed by atoms with Crippen molar-refractivity contribution >= 4 is 22.5 Å². The molecule has 0 unspecified atom stereocenters. The van der Waals surface area contributed by atoms with Gasteiger partial charge in [-0.15, -0.1) is 0 Å². The van der Waals surface area contributed by atoms with Gasteiger partial charge in [0.25, 0.3) is 0 Å². The van der Waals surface area contributed by atoms with E-state index in [4.69, 9.17) is 26.3 Å². The molecule has 1 heterocycles. The first-order chi connectivity index (χ1) is 9.21. The van der Waals surface area contributed by atoms with Crippen molar-refractivity contribution < 1.29 is 9.47 Å². The molecule has 0 saturated heterocycles. The van der Waals surface area contributed by atoms with Crippen molar-refractivity contribution in [1.29, 1.82) is 5.26 Å². The summed E-state index contributed by atoms with van der Waals surface area (Å²) in [5.74, 6) is 1.13. The second-order valence-corrected chi connectivity index (χ2v) is 3.70. The minimum Gasteiger partial charge on any atom is -0.493 e.